The maximum atomic E-state index is 11.7. The van der Waals surface area contributed by atoms with Gasteiger partial charge < -0.3 is 66.7 Å². The lowest BCUT2D eigenvalue weighted by atomic mass is 10.1. The molecular formula is C36H70O16. The highest BCUT2D eigenvalue weighted by atomic mass is 16.6. The lowest BCUT2D eigenvalue weighted by molar-refractivity contribution is -0.145. The molecule has 16 nitrogen and oxygen atoms in total. The summed E-state index contributed by atoms with van der Waals surface area (Å²) >= 11 is 0. The van der Waals surface area contributed by atoms with Crippen LogP contribution in [0.1, 0.15) is 58.3 Å². The quantitative estimate of drug-likeness (QED) is 0.0708. The number of aliphatic carboxylic acids is 1. The molecule has 0 heterocycles. The first kappa shape index (κ1) is 50.5. The maximum absolute atomic E-state index is 11.7. The molecule has 1 N–H and O–H groups in total. The van der Waals surface area contributed by atoms with Crippen molar-refractivity contribution in [2.24, 2.45) is 0 Å². The maximum Gasteiger partial charge on any atom is 0.305 e. The van der Waals surface area contributed by atoms with Gasteiger partial charge in [0.15, 0.2) is 0 Å². The van der Waals surface area contributed by atoms with Crippen LogP contribution in [-0.2, 0) is 71.2 Å². The summed E-state index contributed by atoms with van der Waals surface area (Å²) in [7, 11) is 0. The minimum atomic E-state index is -0.877. The number of unbranched alkanes of at least 4 members (excludes halogenated alkanes) is 5. The number of carboxylic acids is 1. The van der Waals surface area contributed by atoms with Crippen molar-refractivity contribution < 1.29 is 76.3 Å². The van der Waals surface area contributed by atoms with E-state index in [2.05, 4.69) is 6.92 Å². The van der Waals surface area contributed by atoms with Gasteiger partial charge in [0.05, 0.1) is 165 Å². The van der Waals surface area contributed by atoms with E-state index in [9.17, 15) is 9.59 Å². The SMILES string of the molecule is CCCCCCCCC(=O)OCCOCCOCCOCCOCCOCCOCCOCCOCCOCCOCCOCCOCCC(=O)O. The summed E-state index contributed by atoms with van der Waals surface area (Å²) in [4.78, 5) is 22.0. The van der Waals surface area contributed by atoms with E-state index in [0.717, 1.165) is 12.8 Å². The Morgan fingerprint density at radius 3 is 0.865 bits per heavy atom. The van der Waals surface area contributed by atoms with Crippen LogP contribution in [0.3, 0.4) is 0 Å². The van der Waals surface area contributed by atoms with Gasteiger partial charge in [0.1, 0.15) is 6.61 Å². The highest BCUT2D eigenvalue weighted by molar-refractivity contribution is 5.69. The van der Waals surface area contributed by atoms with Crippen LogP contribution in [0.5, 0.6) is 0 Å². The van der Waals surface area contributed by atoms with Crippen molar-refractivity contribution >= 4 is 11.9 Å². The molecule has 0 aromatic heterocycles. The fraction of sp³-hybridized carbons (Fsp3) is 0.944. The van der Waals surface area contributed by atoms with E-state index in [4.69, 9.17) is 66.7 Å². The molecule has 0 unspecified atom stereocenters. The molecule has 0 aliphatic heterocycles. The zero-order valence-corrected chi connectivity index (χ0v) is 31.9. The summed E-state index contributed by atoms with van der Waals surface area (Å²) in [6, 6.07) is 0. The third-order valence-corrected chi connectivity index (χ3v) is 6.78. The topological polar surface area (TPSA) is 174 Å². The summed E-state index contributed by atoms with van der Waals surface area (Å²) in [5, 5.41) is 8.49. The fourth-order valence-corrected chi connectivity index (χ4v) is 4.02. The predicted molar refractivity (Wildman–Crippen MR) is 191 cm³/mol. The molecule has 0 saturated carbocycles. The molecule has 0 fully saturated rings. The van der Waals surface area contributed by atoms with Gasteiger partial charge in [0.25, 0.3) is 0 Å². The van der Waals surface area contributed by atoms with E-state index in [1.807, 2.05) is 0 Å². The number of hydrogen-bond acceptors (Lipinski definition) is 15. The van der Waals surface area contributed by atoms with Crippen molar-refractivity contribution in [3.8, 4) is 0 Å². The number of carboxylic acid groups (broad SMARTS) is 1. The molecule has 0 aromatic rings. The second kappa shape index (κ2) is 45.6. The number of rotatable bonds is 46. The largest absolute Gasteiger partial charge is 0.481 e. The number of carbonyl (C=O) groups is 2. The van der Waals surface area contributed by atoms with Crippen LogP contribution in [0.2, 0.25) is 0 Å². The molecule has 0 aliphatic rings. The summed E-state index contributed by atoms with van der Waals surface area (Å²) in [5.74, 6) is -1.03. The molecule has 0 rings (SSSR count). The van der Waals surface area contributed by atoms with Crippen LogP contribution in [0.25, 0.3) is 0 Å². The molecule has 0 radical (unpaired) electrons. The molecule has 310 valence electrons. The Morgan fingerprint density at radius 2 is 0.577 bits per heavy atom. The third kappa shape index (κ3) is 46.5. The Balaban J connectivity index is 3.09. The van der Waals surface area contributed by atoms with Crippen molar-refractivity contribution in [3.05, 3.63) is 0 Å². The Kier molecular flexibility index (Phi) is 44.3. The van der Waals surface area contributed by atoms with E-state index >= 15 is 0 Å². The summed E-state index contributed by atoms with van der Waals surface area (Å²) < 4.78 is 70.2. The first-order valence-electron chi connectivity index (χ1n) is 19.0. The fourth-order valence-electron chi connectivity index (χ4n) is 4.02. The van der Waals surface area contributed by atoms with Crippen molar-refractivity contribution in [2.45, 2.75) is 58.3 Å². The van der Waals surface area contributed by atoms with E-state index in [1.54, 1.807) is 0 Å². The van der Waals surface area contributed by atoms with Crippen LogP contribution in [0.15, 0.2) is 0 Å². The molecule has 0 aliphatic carbocycles. The summed E-state index contributed by atoms with van der Waals surface area (Å²) in [6.45, 7) is 13.3. The lowest BCUT2D eigenvalue weighted by Gasteiger charge is -2.09. The smallest absolute Gasteiger partial charge is 0.305 e. The first-order chi connectivity index (χ1) is 25.7. The van der Waals surface area contributed by atoms with Crippen LogP contribution in [0.4, 0.5) is 0 Å². The van der Waals surface area contributed by atoms with Crippen LogP contribution in [-0.4, -0.2) is 182 Å². The average Bonchev–Trinajstić information content (AvgIpc) is 3.13. The van der Waals surface area contributed by atoms with Crippen LogP contribution in [0, 0.1) is 0 Å². The van der Waals surface area contributed by atoms with Gasteiger partial charge >= 0.3 is 11.9 Å². The highest BCUT2D eigenvalue weighted by Gasteiger charge is 2.03. The Hall–Kier alpha value is -1.54. The molecule has 52 heavy (non-hydrogen) atoms. The zero-order chi connectivity index (χ0) is 37.7. The number of esters is 1. The monoisotopic (exact) mass is 758 g/mol. The zero-order valence-electron chi connectivity index (χ0n) is 31.9. The first-order valence-corrected chi connectivity index (χ1v) is 19.0. The molecule has 16 heteroatoms. The Morgan fingerprint density at radius 1 is 0.327 bits per heavy atom. The minimum Gasteiger partial charge on any atom is -0.481 e. The van der Waals surface area contributed by atoms with Gasteiger partial charge in [-0.25, -0.2) is 0 Å². The van der Waals surface area contributed by atoms with Crippen LogP contribution < -0.4 is 0 Å². The second-order valence-corrected chi connectivity index (χ2v) is 11.2. The number of hydrogen-bond donors (Lipinski definition) is 1. The van der Waals surface area contributed by atoms with Crippen molar-refractivity contribution in [2.75, 3.05) is 165 Å². The van der Waals surface area contributed by atoms with Gasteiger partial charge in [-0.05, 0) is 6.42 Å². The average molecular weight is 759 g/mol. The summed E-state index contributed by atoms with van der Waals surface area (Å²) in [6.07, 6.45) is 7.38. The predicted octanol–water partition coefficient (Wildman–Crippen LogP) is 2.95. The second-order valence-electron chi connectivity index (χ2n) is 11.2. The molecule has 0 saturated heterocycles. The lowest BCUT2D eigenvalue weighted by Crippen LogP contribution is -2.15. The van der Waals surface area contributed by atoms with Crippen molar-refractivity contribution in [3.63, 3.8) is 0 Å². The van der Waals surface area contributed by atoms with Gasteiger partial charge in [-0.15, -0.1) is 0 Å². The number of ether oxygens (including phenoxy) is 13. The number of carbonyl (C=O) groups excluding carboxylic acids is 1. The third-order valence-electron chi connectivity index (χ3n) is 6.78. The minimum absolute atomic E-state index is 0.00546. The van der Waals surface area contributed by atoms with Gasteiger partial charge in [-0.3, -0.25) is 9.59 Å². The van der Waals surface area contributed by atoms with E-state index in [1.165, 1.54) is 25.7 Å². The normalized spacial score (nSPS) is 11.4. The standard InChI is InChI=1S/C36H70O16/c1-2-3-4-5-6-7-8-36(39)52-34-33-51-32-31-50-30-29-49-28-27-48-26-25-47-24-23-46-22-21-45-20-19-44-18-17-43-16-15-42-14-13-41-12-11-40-10-9-35(37)38/h2-34H2,1H3,(H,37,38). The molecular weight excluding hydrogens is 688 g/mol. The highest BCUT2D eigenvalue weighted by Crippen LogP contribution is 2.07. The Labute approximate surface area is 311 Å². The Bertz CT molecular complexity index is 718. The molecule has 0 spiro atoms. The van der Waals surface area contributed by atoms with Gasteiger partial charge in [0, 0.05) is 6.42 Å². The van der Waals surface area contributed by atoms with Gasteiger partial charge in [-0.2, -0.15) is 0 Å². The molecule has 0 bridgehead atoms. The summed E-state index contributed by atoms with van der Waals surface area (Å²) in [5.41, 5.74) is 0. The van der Waals surface area contributed by atoms with Gasteiger partial charge in [-0.1, -0.05) is 39.0 Å². The molecule has 0 amide bonds. The van der Waals surface area contributed by atoms with E-state index in [-0.39, 0.29) is 25.6 Å². The van der Waals surface area contributed by atoms with E-state index in [0.29, 0.717) is 158 Å². The van der Waals surface area contributed by atoms with Gasteiger partial charge in [0.2, 0.25) is 0 Å². The van der Waals surface area contributed by atoms with Crippen molar-refractivity contribution in [1.29, 1.82) is 0 Å². The van der Waals surface area contributed by atoms with Crippen LogP contribution >= 0.6 is 0 Å². The molecule has 0 atom stereocenters. The molecule has 0 aromatic carbocycles. The van der Waals surface area contributed by atoms with E-state index < -0.39 is 5.97 Å². The van der Waals surface area contributed by atoms with Crippen molar-refractivity contribution in [1.82, 2.24) is 0 Å².